The first-order valence-electron chi connectivity index (χ1n) is 10.7. The number of fused-ring (bicyclic) bond motifs is 1. The minimum atomic E-state index is 0.865. The minimum absolute atomic E-state index is 0.865. The van der Waals surface area contributed by atoms with Crippen molar-refractivity contribution in [2.75, 3.05) is 5.32 Å². The van der Waals surface area contributed by atoms with Crippen molar-refractivity contribution in [2.45, 2.75) is 40.5 Å². The average Bonchev–Trinajstić information content (AvgIpc) is 3.02. The Morgan fingerprint density at radius 1 is 1.10 bits per heavy atom. The molecule has 0 saturated heterocycles. The molecule has 0 saturated carbocycles. The lowest BCUT2D eigenvalue weighted by atomic mass is 10.00. The number of aromatic amines is 1. The van der Waals surface area contributed by atoms with Crippen LogP contribution in [0.15, 0.2) is 72.6 Å². The van der Waals surface area contributed by atoms with Crippen LogP contribution in [0.3, 0.4) is 0 Å². The van der Waals surface area contributed by atoms with E-state index in [2.05, 4.69) is 85.6 Å². The number of aryl methyl sites for hydroxylation is 1. The second-order valence-corrected chi connectivity index (χ2v) is 8.27. The Balaban J connectivity index is 1.97. The lowest BCUT2D eigenvalue weighted by Gasteiger charge is -2.10. The number of H-pyrrole nitrogens is 1. The van der Waals surface area contributed by atoms with Crippen LogP contribution in [0.5, 0.6) is 0 Å². The lowest BCUT2D eigenvalue weighted by Crippen LogP contribution is -2.24. The molecule has 3 aromatic rings. The van der Waals surface area contributed by atoms with Gasteiger partial charge < -0.3 is 15.6 Å². The van der Waals surface area contributed by atoms with Crippen LogP contribution in [0.1, 0.15) is 43.9 Å². The fourth-order valence-corrected chi connectivity index (χ4v) is 3.77. The van der Waals surface area contributed by atoms with Gasteiger partial charge in [-0.05, 0) is 74.6 Å². The van der Waals surface area contributed by atoms with Crippen LogP contribution in [0.25, 0.3) is 23.7 Å². The van der Waals surface area contributed by atoms with Gasteiger partial charge in [-0.15, -0.1) is 0 Å². The molecule has 1 heterocycles. The highest BCUT2D eigenvalue weighted by atomic mass is 14.9. The van der Waals surface area contributed by atoms with Gasteiger partial charge in [0.2, 0.25) is 0 Å². The zero-order valence-corrected chi connectivity index (χ0v) is 19.2. The monoisotopic (exact) mass is 411 g/mol. The van der Waals surface area contributed by atoms with E-state index >= 15 is 0 Å². The quantitative estimate of drug-likeness (QED) is 0.421. The lowest BCUT2D eigenvalue weighted by molar-refractivity contribution is 1.11. The van der Waals surface area contributed by atoms with E-state index in [1.807, 2.05) is 26.1 Å². The van der Waals surface area contributed by atoms with Gasteiger partial charge in [0.25, 0.3) is 0 Å². The molecule has 3 N–H and O–H groups in total. The van der Waals surface area contributed by atoms with Crippen molar-refractivity contribution in [1.29, 1.82) is 0 Å². The van der Waals surface area contributed by atoms with Crippen molar-refractivity contribution in [3.8, 4) is 0 Å². The minimum Gasteiger partial charge on any atom is -0.365 e. The van der Waals surface area contributed by atoms with E-state index in [0.29, 0.717) is 0 Å². The predicted octanol–water partition coefficient (Wildman–Crippen LogP) is 5.62. The van der Waals surface area contributed by atoms with Crippen molar-refractivity contribution < 1.29 is 0 Å². The molecular formula is C28H33N3. The third-order valence-corrected chi connectivity index (χ3v) is 5.28. The maximum Gasteiger partial charge on any atom is 0.0495 e. The smallest absolute Gasteiger partial charge is 0.0495 e. The summed E-state index contributed by atoms with van der Waals surface area (Å²) in [5.41, 5.74) is 9.07. The molecule has 31 heavy (non-hydrogen) atoms. The van der Waals surface area contributed by atoms with Crippen LogP contribution >= 0.6 is 0 Å². The number of anilines is 1. The molecular weight excluding hydrogens is 378 g/mol. The van der Waals surface area contributed by atoms with Crippen LogP contribution in [-0.4, -0.2) is 4.98 Å². The van der Waals surface area contributed by atoms with Gasteiger partial charge in [-0.1, -0.05) is 50.4 Å². The van der Waals surface area contributed by atoms with Gasteiger partial charge >= 0.3 is 0 Å². The zero-order valence-electron chi connectivity index (χ0n) is 19.2. The second-order valence-electron chi connectivity index (χ2n) is 8.27. The fraction of sp³-hybridized carbons (Fsp3) is 0.214. The molecule has 0 spiro atoms. The summed E-state index contributed by atoms with van der Waals surface area (Å²) in [7, 11) is 0. The molecule has 0 fully saturated rings. The first-order valence-corrected chi connectivity index (χ1v) is 10.7. The van der Waals surface area contributed by atoms with E-state index in [9.17, 15) is 0 Å². The van der Waals surface area contributed by atoms with Crippen molar-refractivity contribution in [1.82, 2.24) is 10.3 Å². The van der Waals surface area contributed by atoms with Crippen LogP contribution < -0.4 is 21.2 Å². The van der Waals surface area contributed by atoms with E-state index in [0.717, 1.165) is 51.6 Å². The third-order valence-electron chi connectivity index (χ3n) is 5.28. The van der Waals surface area contributed by atoms with Gasteiger partial charge in [-0.2, -0.15) is 0 Å². The SMILES string of the molecule is C=C(C)/C=C(\C)N/C=c1\c(=C)[nH]c2c(C)cc(Cc3cccc(NC(=C)CC)c3)cc12. The Morgan fingerprint density at radius 3 is 2.58 bits per heavy atom. The van der Waals surface area contributed by atoms with Gasteiger partial charge in [0.1, 0.15) is 0 Å². The number of benzene rings is 2. The summed E-state index contributed by atoms with van der Waals surface area (Å²) in [6.45, 7) is 20.5. The van der Waals surface area contributed by atoms with Gasteiger partial charge in [0, 0.05) is 44.8 Å². The van der Waals surface area contributed by atoms with Crippen molar-refractivity contribution in [2.24, 2.45) is 0 Å². The molecule has 160 valence electrons. The Morgan fingerprint density at radius 2 is 1.87 bits per heavy atom. The number of hydrogen-bond acceptors (Lipinski definition) is 2. The number of hydrogen-bond donors (Lipinski definition) is 3. The number of rotatable bonds is 8. The Hall–Kier alpha value is -3.46. The third kappa shape index (κ3) is 5.58. The molecule has 0 radical (unpaired) electrons. The average molecular weight is 412 g/mol. The maximum atomic E-state index is 4.22. The van der Waals surface area contributed by atoms with Crippen LogP contribution in [0, 0.1) is 6.92 Å². The summed E-state index contributed by atoms with van der Waals surface area (Å²) < 4.78 is 0. The molecule has 1 aromatic heterocycles. The van der Waals surface area contributed by atoms with Crippen molar-refractivity contribution in [3.63, 3.8) is 0 Å². The normalized spacial score (nSPS) is 12.3. The first-order chi connectivity index (χ1) is 14.8. The summed E-state index contributed by atoms with van der Waals surface area (Å²) in [5.74, 6) is 0. The Kier molecular flexibility index (Phi) is 6.86. The van der Waals surface area contributed by atoms with Crippen molar-refractivity contribution >= 4 is 29.4 Å². The van der Waals surface area contributed by atoms with E-state index in [1.54, 1.807) is 0 Å². The van der Waals surface area contributed by atoms with Crippen molar-refractivity contribution in [3.05, 3.63) is 99.9 Å². The number of nitrogens with one attached hydrogen (secondary N) is 3. The highest BCUT2D eigenvalue weighted by molar-refractivity contribution is 5.84. The second kappa shape index (κ2) is 9.57. The molecule has 0 bridgehead atoms. The molecule has 0 unspecified atom stereocenters. The van der Waals surface area contributed by atoms with E-state index in [1.165, 1.54) is 22.1 Å². The summed E-state index contributed by atoms with van der Waals surface area (Å²) in [5, 5.41) is 9.93. The zero-order chi connectivity index (χ0) is 22.5. The number of aromatic nitrogens is 1. The van der Waals surface area contributed by atoms with Crippen LogP contribution in [0.2, 0.25) is 0 Å². The molecule has 0 atom stereocenters. The van der Waals surface area contributed by atoms with Crippen LogP contribution in [-0.2, 0) is 6.42 Å². The highest BCUT2D eigenvalue weighted by Crippen LogP contribution is 2.20. The molecule has 0 aliphatic carbocycles. The summed E-state index contributed by atoms with van der Waals surface area (Å²) >= 11 is 0. The topological polar surface area (TPSA) is 39.9 Å². The summed E-state index contributed by atoms with van der Waals surface area (Å²) in [6.07, 6.45) is 5.83. The van der Waals surface area contributed by atoms with Gasteiger partial charge in [-0.3, -0.25) is 0 Å². The maximum absolute atomic E-state index is 4.22. The molecule has 0 aliphatic rings. The van der Waals surface area contributed by atoms with E-state index < -0.39 is 0 Å². The van der Waals surface area contributed by atoms with E-state index in [-0.39, 0.29) is 0 Å². The van der Waals surface area contributed by atoms with Gasteiger partial charge in [0.05, 0.1) is 0 Å². The summed E-state index contributed by atoms with van der Waals surface area (Å²) in [4.78, 5) is 3.45. The van der Waals surface area contributed by atoms with Gasteiger partial charge in [-0.25, -0.2) is 0 Å². The Labute approximate surface area is 185 Å². The van der Waals surface area contributed by atoms with Gasteiger partial charge in [0.15, 0.2) is 0 Å². The molecule has 3 rings (SSSR count). The summed E-state index contributed by atoms with van der Waals surface area (Å²) in [6, 6.07) is 13.1. The molecule has 2 aromatic carbocycles. The molecule has 0 aliphatic heterocycles. The molecule has 0 amide bonds. The standard InChI is InChI=1S/C28H33N3/c1-8-20(5)30-25-11-9-10-23(15-25)14-24-13-19(4)28-26(16-24)27(22(7)31-28)17-29-21(6)12-18(2)3/h9-13,15-17,29-31H,2,5,7-8,14H2,1,3-4,6H3/b21-12+,27-17+. The van der Waals surface area contributed by atoms with Crippen LogP contribution in [0.4, 0.5) is 5.69 Å². The Bertz CT molecular complexity index is 1270. The largest absolute Gasteiger partial charge is 0.365 e. The molecule has 3 heteroatoms. The highest BCUT2D eigenvalue weighted by Gasteiger charge is 2.07. The fourth-order valence-electron chi connectivity index (χ4n) is 3.77. The predicted molar refractivity (Wildman–Crippen MR) is 136 cm³/mol. The molecule has 3 nitrogen and oxygen atoms in total. The van der Waals surface area contributed by atoms with E-state index in [4.69, 9.17) is 0 Å². The first kappa shape index (κ1) is 22.2. The number of allylic oxidation sites excluding steroid dienone is 4.